The number of benzene rings is 2. The highest BCUT2D eigenvalue weighted by atomic mass is 79.9. The number of carbonyl (C=O) groups is 1. The van der Waals surface area contributed by atoms with Crippen LogP contribution < -0.4 is 4.74 Å². The molecule has 0 saturated carbocycles. The summed E-state index contributed by atoms with van der Waals surface area (Å²) in [6.45, 7) is 2.23. The van der Waals surface area contributed by atoms with E-state index in [0.29, 0.717) is 28.1 Å². The Bertz CT molecular complexity index is 1040. The molecule has 1 N–H and O–H groups in total. The Morgan fingerprint density at radius 3 is 2.62 bits per heavy atom. The van der Waals surface area contributed by atoms with E-state index in [1.807, 2.05) is 6.92 Å². The van der Waals surface area contributed by atoms with Crippen molar-refractivity contribution in [1.29, 1.82) is 0 Å². The van der Waals surface area contributed by atoms with Crippen LogP contribution in [0.2, 0.25) is 0 Å². The fraction of sp³-hybridized carbons (Fsp3) is 0.158. The molecule has 1 saturated heterocycles. The van der Waals surface area contributed by atoms with Crippen LogP contribution in [0, 0.1) is 10.1 Å². The Morgan fingerprint density at radius 2 is 2.03 bits per heavy atom. The summed E-state index contributed by atoms with van der Waals surface area (Å²) in [5.41, 5.74) is 0.627. The molecule has 150 valence electrons. The van der Waals surface area contributed by atoms with E-state index in [-0.39, 0.29) is 27.4 Å². The SMILES string of the molecule is CCN1C(=O)/C(=C\c2cc([N+](=O)[O-])cc(Br)c2O)SC1=Nc1ccc(OC)cc1. The summed E-state index contributed by atoms with van der Waals surface area (Å²) < 4.78 is 5.30. The zero-order valence-corrected chi connectivity index (χ0v) is 17.9. The van der Waals surface area contributed by atoms with Gasteiger partial charge in [0.05, 0.1) is 27.1 Å². The Hall–Kier alpha value is -2.85. The highest BCUT2D eigenvalue weighted by Gasteiger charge is 2.32. The molecule has 0 aromatic heterocycles. The normalized spacial score (nSPS) is 16.7. The number of non-ortho nitro benzene ring substituents is 1. The lowest BCUT2D eigenvalue weighted by atomic mass is 10.1. The van der Waals surface area contributed by atoms with Crippen LogP contribution in [0.5, 0.6) is 11.5 Å². The van der Waals surface area contributed by atoms with Gasteiger partial charge < -0.3 is 9.84 Å². The lowest BCUT2D eigenvalue weighted by Gasteiger charge is -2.12. The zero-order chi connectivity index (χ0) is 21.1. The molecule has 0 bridgehead atoms. The molecule has 2 aromatic rings. The number of amidine groups is 1. The topological polar surface area (TPSA) is 105 Å². The van der Waals surface area contributed by atoms with E-state index in [4.69, 9.17) is 4.74 Å². The van der Waals surface area contributed by atoms with Crippen molar-refractivity contribution in [3.8, 4) is 11.5 Å². The van der Waals surface area contributed by atoms with Crippen molar-refractivity contribution in [3.05, 3.63) is 61.5 Å². The summed E-state index contributed by atoms with van der Waals surface area (Å²) in [4.78, 5) is 29.6. The van der Waals surface area contributed by atoms with Crippen LogP contribution in [-0.2, 0) is 4.79 Å². The summed E-state index contributed by atoms with van der Waals surface area (Å²) >= 11 is 4.24. The van der Waals surface area contributed by atoms with Crippen molar-refractivity contribution >= 4 is 56.2 Å². The first-order valence-electron chi connectivity index (χ1n) is 8.45. The maximum Gasteiger partial charge on any atom is 0.271 e. The first kappa shape index (κ1) is 20.9. The summed E-state index contributed by atoms with van der Waals surface area (Å²) in [5, 5.41) is 21.8. The van der Waals surface area contributed by atoms with Gasteiger partial charge in [0.15, 0.2) is 5.17 Å². The average molecular weight is 478 g/mol. The van der Waals surface area contributed by atoms with Gasteiger partial charge in [-0.05, 0) is 65.0 Å². The molecule has 1 aliphatic heterocycles. The fourth-order valence-electron chi connectivity index (χ4n) is 2.60. The number of rotatable bonds is 5. The highest BCUT2D eigenvalue weighted by Crippen LogP contribution is 2.38. The van der Waals surface area contributed by atoms with Crippen molar-refractivity contribution in [3.63, 3.8) is 0 Å². The van der Waals surface area contributed by atoms with Gasteiger partial charge in [0.2, 0.25) is 0 Å². The van der Waals surface area contributed by atoms with Crippen molar-refractivity contribution in [2.24, 2.45) is 4.99 Å². The summed E-state index contributed by atoms with van der Waals surface area (Å²) in [5.74, 6) is 0.232. The molecule has 0 atom stereocenters. The first-order valence-corrected chi connectivity index (χ1v) is 10.1. The smallest absolute Gasteiger partial charge is 0.271 e. The second kappa shape index (κ2) is 8.66. The number of nitro benzene ring substituents is 1. The zero-order valence-electron chi connectivity index (χ0n) is 15.5. The minimum atomic E-state index is -0.565. The maximum atomic E-state index is 12.8. The van der Waals surface area contributed by atoms with Gasteiger partial charge in [-0.3, -0.25) is 19.8 Å². The molecule has 0 spiro atoms. The highest BCUT2D eigenvalue weighted by molar-refractivity contribution is 9.10. The van der Waals surface area contributed by atoms with Gasteiger partial charge in [-0.15, -0.1) is 0 Å². The minimum absolute atomic E-state index is 0.170. The number of aromatic hydroxyl groups is 1. The van der Waals surface area contributed by atoms with E-state index in [9.17, 15) is 20.0 Å². The van der Waals surface area contributed by atoms with Crippen LogP contribution >= 0.6 is 27.7 Å². The predicted octanol–water partition coefficient (Wildman–Crippen LogP) is 4.70. The van der Waals surface area contributed by atoms with E-state index < -0.39 is 4.92 Å². The van der Waals surface area contributed by atoms with Crippen LogP contribution in [0.25, 0.3) is 6.08 Å². The molecule has 0 aliphatic carbocycles. The van der Waals surface area contributed by atoms with Gasteiger partial charge in [-0.1, -0.05) is 0 Å². The Morgan fingerprint density at radius 1 is 1.34 bits per heavy atom. The number of hydrogen-bond donors (Lipinski definition) is 1. The van der Waals surface area contributed by atoms with Gasteiger partial charge >= 0.3 is 0 Å². The van der Waals surface area contributed by atoms with Gasteiger partial charge in [-0.2, -0.15) is 0 Å². The van der Waals surface area contributed by atoms with Crippen molar-refractivity contribution in [2.75, 3.05) is 13.7 Å². The number of phenols is 1. The van der Waals surface area contributed by atoms with Crippen LogP contribution in [0.15, 0.2) is 50.8 Å². The Labute approximate surface area is 179 Å². The number of halogens is 1. The third-order valence-corrected chi connectivity index (χ3v) is 5.69. The molecule has 3 rings (SSSR count). The Balaban J connectivity index is 1.98. The lowest BCUT2D eigenvalue weighted by molar-refractivity contribution is -0.385. The maximum absolute atomic E-state index is 12.8. The minimum Gasteiger partial charge on any atom is -0.506 e. The number of aliphatic imine (C=N–C) groups is 1. The number of hydrogen-bond acceptors (Lipinski definition) is 7. The second-order valence-corrected chi connectivity index (χ2v) is 7.74. The average Bonchev–Trinajstić information content (AvgIpc) is 2.99. The number of ether oxygens (including phenoxy) is 1. The molecule has 0 unspecified atom stereocenters. The predicted molar refractivity (Wildman–Crippen MR) is 116 cm³/mol. The van der Waals surface area contributed by atoms with E-state index in [1.54, 1.807) is 31.4 Å². The van der Waals surface area contributed by atoms with Crippen LogP contribution in [0.1, 0.15) is 12.5 Å². The molecule has 1 amide bonds. The van der Waals surface area contributed by atoms with E-state index in [1.165, 1.54) is 23.1 Å². The number of likely N-dealkylation sites (N-methyl/N-ethyl adjacent to an activating group) is 1. The number of nitro groups is 1. The number of nitrogens with zero attached hydrogens (tertiary/aromatic N) is 3. The second-order valence-electron chi connectivity index (χ2n) is 5.88. The van der Waals surface area contributed by atoms with E-state index in [2.05, 4.69) is 20.9 Å². The van der Waals surface area contributed by atoms with Crippen LogP contribution in [0.4, 0.5) is 11.4 Å². The molecule has 1 aliphatic rings. The summed E-state index contributed by atoms with van der Waals surface area (Å²) in [6.07, 6.45) is 1.43. The number of methoxy groups -OCH3 is 1. The Kier molecular flexibility index (Phi) is 6.23. The van der Waals surface area contributed by atoms with Gasteiger partial charge in [0.25, 0.3) is 11.6 Å². The third-order valence-electron chi connectivity index (χ3n) is 4.08. The fourth-order valence-corrected chi connectivity index (χ4v) is 4.12. The van der Waals surface area contributed by atoms with Crippen LogP contribution in [0.3, 0.4) is 0 Å². The number of phenolic OH excluding ortho intramolecular Hbond substituents is 1. The van der Waals surface area contributed by atoms with Gasteiger partial charge in [-0.25, -0.2) is 4.99 Å². The number of amides is 1. The molecular weight excluding hydrogens is 462 g/mol. The summed E-state index contributed by atoms with van der Waals surface area (Å²) in [6, 6.07) is 9.51. The van der Waals surface area contributed by atoms with Crippen LogP contribution in [-0.4, -0.2) is 39.7 Å². The van der Waals surface area contributed by atoms with Crippen molar-refractivity contribution in [1.82, 2.24) is 4.90 Å². The standard InChI is InChI=1S/C19H16BrN3O5S/c1-3-22-18(25)16(9-11-8-13(23(26)27)10-15(20)17(11)24)29-19(22)21-12-4-6-14(28-2)7-5-12/h4-10,24H,3H2,1-2H3/b16-9+,21-19?. The third kappa shape index (κ3) is 4.43. The molecule has 1 fully saturated rings. The largest absolute Gasteiger partial charge is 0.506 e. The van der Waals surface area contributed by atoms with Crippen molar-refractivity contribution < 1.29 is 19.6 Å². The number of thioether (sulfide) groups is 1. The number of carbonyl (C=O) groups excluding carboxylic acids is 1. The molecule has 10 heteroatoms. The monoisotopic (exact) mass is 477 g/mol. The van der Waals surface area contributed by atoms with Gasteiger partial charge in [0.1, 0.15) is 11.5 Å². The lowest BCUT2D eigenvalue weighted by Crippen LogP contribution is -2.28. The summed E-state index contributed by atoms with van der Waals surface area (Å²) in [7, 11) is 1.57. The molecule has 29 heavy (non-hydrogen) atoms. The molecule has 2 aromatic carbocycles. The molecular formula is C19H16BrN3O5S. The van der Waals surface area contributed by atoms with E-state index in [0.717, 1.165) is 11.8 Å². The quantitative estimate of drug-likeness (QED) is 0.380. The van der Waals surface area contributed by atoms with E-state index >= 15 is 0 Å². The van der Waals surface area contributed by atoms with Crippen molar-refractivity contribution in [2.45, 2.75) is 6.92 Å². The molecule has 1 heterocycles. The first-order chi connectivity index (χ1) is 13.8. The molecule has 0 radical (unpaired) electrons. The van der Waals surface area contributed by atoms with Gasteiger partial charge in [0, 0.05) is 24.2 Å². The molecule has 8 nitrogen and oxygen atoms in total.